The van der Waals surface area contributed by atoms with E-state index in [1.807, 2.05) is 25.3 Å². The number of nitrogens with zero attached hydrogens (tertiary/aromatic N) is 2. The molecule has 5 rings (SSSR count). The molecule has 0 spiro atoms. The molecule has 7 heteroatoms. The Morgan fingerprint density at radius 1 is 1.37 bits per heavy atom. The number of nitrogens with one attached hydrogen (secondary N) is 3. The van der Waals surface area contributed by atoms with Crippen LogP contribution in [0.2, 0.25) is 0 Å². The first-order valence-electron chi connectivity index (χ1n) is 11.0. The van der Waals surface area contributed by atoms with E-state index in [1.54, 1.807) is 6.20 Å². The minimum absolute atomic E-state index is 0.0760. The molecule has 162 valence electrons. The zero-order chi connectivity index (χ0) is 21.5. The van der Waals surface area contributed by atoms with Crippen molar-refractivity contribution in [2.45, 2.75) is 53.1 Å². The van der Waals surface area contributed by atoms with Crippen molar-refractivity contribution in [3.8, 4) is 0 Å². The highest BCUT2D eigenvalue weighted by atomic mass is 16.2. The maximum Gasteiger partial charge on any atom is 0.272 e. The number of hydrogen-bond donors (Lipinski definition) is 3. The Kier molecular flexibility index (Phi) is 5.47. The molecule has 7 nitrogen and oxygen atoms in total. The lowest BCUT2D eigenvalue weighted by Crippen LogP contribution is -2.58. The number of carbonyl (C=O) groups is 1. The van der Waals surface area contributed by atoms with Crippen LogP contribution in [0.3, 0.4) is 0 Å². The van der Waals surface area contributed by atoms with Crippen LogP contribution in [0.15, 0.2) is 34.9 Å². The molecule has 2 heterocycles. The average molecular weight is 412 g/mol. The Bertz CT molecular complexity index is 945. The molecular weight excluding hydrogens is 378 g/mol. The second kappa shape index (κ2) is 7.93. The second-order valence-corrected chi connectivity index (χ2v) is 9.65. The van der Waals surface area contributed by atoms with Gasteiger partial charge in [-0.25, -0.2) is 4.68 Å². The van der Waals surface area contributed by atoms with Gasteiger partial charge in [-0.15, -0.1) is 0 Å². The fourth-order valence-electron chi connectivity index (χ4n) is 5.40. The Morgan fingerprint density at radius 2 is 2.17 bits per heavy atom. The number of amides is 1. The molecule has 4 aliphatic rings. The molecule has 1 aromatic heterocycles. The quantitative estimate of drug-likeness (QED) is 0.668. The number of hydrogen-bond acceptors (Lipinski definition) is 5. The lowest BCUT2D eigenvalue weighted by molar-refractivity contribution is -0.121. The van der Waals surface area contributed by atoms with Crippen LogP contribution in [-0.4, -0.2) is 34.8 Å². The van der Waals surface area contributed by atoms with E-state index in [9.17, 15) is 9.59 Å². The van der Waals surface area contributed by atoms with Crippen LogP contribution in [0.4, 0.5) is 5.69 Å². The molecule has 0 radical (unpaired) electrons. The van der Waals surface area contributed by atoms with Gasteiger partial charge in [0.2, 0.25) is 5.91 Å². The number of fused-ring (bicyclic) bond motifs is 2. The van der Waals surface area contributed by atoms with E-state index in [-0.39, 0.29) is 18.0 Å². The molecular formula is C23H33N5O2. The van der Waals surface area contributed by atoms with Crippen LogP contribution < -0.4 is 21.5 Å². The van der Waals surface area contributed by atoms with E-state index in [0.717, 1.165) is 36.1 Å². The van der Waals surface area contributed by atoms with E-state index < -0.39 is 0 Å². The van der Waals surface area contributed by atoms with Crippen molar-refractivity contribution in [3.63, 3.8) is 0 Å². The van der Waals surface area contributed by atoms with Crippen LogP contribution in [0.5, 0.6) is 0 Å². The van der Waals surface area contributed by atoms with Gasteiger partial charge in [0.15, 0.2) is 0 Å². The van der Waals surface area contributed by atoms with E-state index in [0.29, 0.717) is 29.5 Å². The Labute approximate surface area is 178 Å². The predicted octanol–water partition coefficient (Wildman–Crippen LogP) is 2.19. The highest BCUT2D eigenvalue weighted by molar-refractivity contribution is 5.76. The van der Waals surface area contributed by atoms with Gasteiger partial charge in [-0.2, -0.15) is 5.10 Å². The number of aromatic nitrogens is 2. The molecule has 3 saturated carbocycles. The van der Waals surface area contributed by atoms with Crippen molar-refractivity contribution in [2.75, 3.05) is 18.4 Å². The summed E-state index contributed by atoms with van der Waals surface area (Å²) in [5.74, 6) is 1.83. The summed E-state index contributed by atoms with van der Waals surface area (Å²) in [5.41, 5.74) is 2.66. The molecule has 1 aliphatic heterocycles. The van der Waals surface area contributed by atoms with Gasteiger partial charge in [0.1, 0.15) is 6.54 Å². The fourth-order valence-corrected chi connectivity index (χ4v) is 5.40. The largest absolute Gasteiger partial charge is 0.387 e. The third-order valence-electron chi connectivity index (χ3n) is 7.66. The molecule has 3 fully saturated rings. The molecule has 0 aromatic carbocycles. The van der Waals surface area contributed by atoms with Gasteiger partial charge in [0.05, 0.1) is 11.9 Å². The highest BCUT2D eigenvalue weighted by Crippen LogP contribution is 2.61. The molecule has 3 N–H and O–H groups in total. The number of carbonyl (C=O) groups excluding carboxylic acids is 1. The molecule has 1 aromatic rings. The molecule has 3 aliphatic carbocycles. The lowest BCUT2D eigenvalue weighted by atomic mass is 9.45. The average Bonchev–Trinajstić information content (AvgIpc) is 2.73. The minimum Gasteiger partial charge on any atom is -0.387 e. The van der Waals surface area contributed by atoms with Crippen LogP contribution in [-0.2, 0) is 11.3 Å². The summed E-state index contributed by atoms with van der Waals surface area (Å²) in [4.78, 5) is 25.1. The summed E-state index contributed by atoms with van der Waals surface area (Å²) in [7, 11) is 0. The van der Waals surface area contributed by atoms with E-state index in [2.05, 4.69) is 41.8 Å². The first kappa shape index (κ1) is 20.7. The fraction of sp³-hybridized carbons (Fsp3) is 0.609. The summed E-state index contributed by atoms with van der Waals surface area (Å²) < 4.78 is 1.24. The Hall–Kier alpha value is -2.57. The SMILES string of the molecule is Cc1c(N[C@@H]2C[C@@H]3C[C@H]([C@H]2C)C3(C)C)cnn(CC(=O)NCC2=CCNC=C2)c1=O. The first-order valence-corrected chi connectivity index (χ1v) is 11.0. The summed E-state index contributed by atoms with van der Waals surface area (Å²) >= 11 is 0. The van der Waals surface area contributed by atoms with E-state index >= 15 is 0 Å². The summed E-state index contributed by atoms with van der Waals surface area (Å²) in [6.45, 7) is 10.0. The van der Waals surface area contributed by atoms with E-state index in [4.69, 9.17) is 0 Å². The van der Waals surface area contributed by atoms with Gasteiger partial charge in [-0.05, 0) is 60.8 Å². The summed E-state index contributed by atoms with van der Waals surface area (Å²) in [6.07, 6.45) is 9.96. The standard InChI is InChI=1S/C23H33N5O2/c1-14-18-9-17(23(18,3)4)10-19(14)27-20-12-26-28(22(30)15(20)2)13-21(29)25-11-16-5-7-24-8-6-16/h5-7,12,14,17-19,24,27H,8-11,13H2,1-4H3,(H,25,29)/t14-,17+,18-,19-/m1/s1. The van der Waals surface area contributed by atoms with E-state index in [1.165, 1.54) is 11.1 Å². The van der Waals surface area contributed by atoms with Crippen LogP contribution in [0, 0.1) is 30.1 Å². The first-order chi connectivity index (χ1) is 14.3. The molecule has 2 bridgehead atoms. The van der Waals surface area contributed by atoms with Crippen LogP contribution in [0.1, 0.15) is 39.2 Å². The normalized spacial score (nSPS) is 28.7. The Balaban J connectivity index is 1.38. The van der Waals surface area contributed by atoms with Crippen LogP contribution in [0.25, 0.3) is 0 Å². The van der Waals surface area contributed by atoms with Crippen molar-refractivity contribution < 1.29 is 4.79 Å². The highest BCUT2D eigenvalue weighted by Gasteiger charge is 2.56. The zero-order valence-corrected chi connectivity index (χ0v) is 18.4. The number of anilines is 1. The van der Waals surface area contributed by atoms with Crippen molar-refractivity contribution in [1.29, 1.82) is 0 Å². The summed E-state index contributed by atoms with van der Waals surface area (Å²) in [6, 6.07) is 0.368. The maximum atomic E-state index is 12.8. The van der Waals surface area contributed by atoms with Crippen molar-refractivity contribution >= 4 is 11.6 Å². The summed E-state index contributed by atoms with van der Waals surface area (Å²) in [5, 5.41) is 13.8. The van der Waals surface area contributed by atoms with Gasteiger partial charge in [0, 0.05) is 24.7 Å². The predicted molar refractivity (Wildman–Crippen MR) is 118 cm³/mol. The van der Waals surface area contributed by atoms with Gasteiger partial charge in [0.25, 0.3) is 5.56 Å². The molecule has 30 heavy (non-hydrogen) atoms. The monoisotopic (exact) mass is 411 g/mol. The van der Waals surface area contributed by atoms with Crippen molar-refractivity contribution in [2.24, 2.45) is 23.2 Å². The molecule has 0 unspecified atom stereocenters. The van der Waals surface area contributed by atoms with Crippen molar-refractivity contribution in [1.82, 2.24) is 20.4 Å². The maximum absolute atomic E-state index is 12.8. The molecule has 4 atom stereocenters. The molecule has 0 saturated heterocycles. The number of rotatable bonds is 6. The van der Waals surface area contributed by atoms with Gasteiger partial charge in [-0.3, -0.25) is 9.59 Å². The topological polar surface area (TPSA) is 88.1 Å². The second-order valence-electron chi connectivity index (χ2n) is 9.65. The molecule has 1 amide bonds. The van der Waals surface area contributed by atoms with Crippen molar-refractivity contribution in [3.05, 3.63) is 46.0 Å². The third-order valence-corrected chi connectivity index (χ3v) is 7.66. The van der Waals surface area contributed by atoms with Gasteiger partial charge in [-0.1, -0.05) is 26.8 Å². The number of dihydropyridines is 1. The lowest BCUT2D eigenvalue weighted by Gasteiger charge is -2.62. The smallest absolute Gasteiger partial charge is 0.272 e. The van der Waals surface area contributed by atoms with Gasteiger partial charge < -0.3 is 16.0 Å². The van der Waals surface area contributed by atoms with Crippen LogP contribution >= 0.6 is 0 Å². The Morgan fingerprint density at radius 3 is 2.83 bits per heavy atom. The third kappa shape index (κ3) is 3.77. The van der Waals surface area contributed by atoms with Gasteiger partial charge >= 0.3 is 0 Å². The minimum atomic E-state index is -0.222. The zero-order valence-electron chi connectivity index (χ0n) is 18.4.